The van der Waals surface area contributed by atoms with E-state index in [1.165, 1.54) is 25.0 Å². The minimum absolute atomic E-state index is 0.324. The van der Waals surface area contributed by atoms with E-state index in [0.717, 1.165) is 23.6 Å². The Morgan fingerprint density at radius 3 is 2.18 bits per heavy atom. The zero-order valence-corrected chi connectivity index (χ0v) is 15.1. The number of nitrogens with one attached hydrogen (secondary N) is 1. The molecule has 0 radical (unpaired) electrons. The van der Waals surface area contributed by atoms with Crippen LogP contribution < -0.4 is 10.2 Å². The van der Waals surface area contributed by atoms with Gasteiger partial charge >= 0.3 is 12.2 Å². The van der Waals surface area contributed by atoms with Crippen molar-refractivity contribution in [2.45, 2.75) is 24.9 Å². The van der Waals surface area contributed by atoms with Crippen LogP contribution in [0.25, 0.3) is 0 Å². The summed E-state index contributed by atoms with van der Waals surface area (Å²) in [5.74, 6) is 1.36. The molecule has 2 aliphatic rings. The molecule has 148 valence electrons. The lowest BCUT2D eigenvalue weighted by Gasteiger charge is -2.35. The highest BCUT2D eigenvalue weighted by molar-refractivity contribution is 5.89. The van der Waals surface area contributed by atoms with Crippen LogP contribution in [0.15, 0.2) is 36.4 Å². The zero-order chi connectivity index (χ0) is 19.7. The Balaban J connectivity index is 1.30. The number of piperazine rings is 1. The Morgan fingerprint density at radius 2 is 1.64 bits per heavy atom. The molecule has 9 heteroatoms. The molecule has 0 atom stereocenters. The van der Waals surface area contributed by atoms with Crippen molar-refractivity contribution in [3.05, 3.63) is 47.7 Å². The number of rotatable bonds is 3. The van der Waals surface area contributed by atoms with Gasteiger partial charge < -0.3 is 15.1 Å². The number of hydrogen-bond donors (Lipinski definition) is 1. The number of carbonyl (C=O) groups is 1. The van der Waals surface area contributed by atoms with Crippen molar-refractivity contribution >= 4 is 17.5 Å². The van der Waals surface area contributed by atoms with E-state index in [2.05, 4.69) is 20.4 Å². The van der Waals surface area contributed by atoms with E-state index in [1.807, 2.05) is 12.1 Å². The van der Waals surface area contributed by atoms with Crippen LogP contribution in [0, 0.1) is 0 Å². The van der Waals surface area contributed by atoms with E-state index in [1.54, 1.807) is 4.90 Å². The molecule has 2 amide bonds. The Hall–Kier alpha value is -2.84. The molecule has 1 saturated heterocycles. The van der Waals surface area contributed by atoms with Gasteiger partial charge in [-0.3, -0.25) is 0 Å². The number of anilines is 2. The highest BCUT2D eigenvalue weighted by Crippen LogP contribution is 2.38. The molecule has 2 heterocycles. The molecule has 1 aliphatic carbocycles. The first-order valence-electron chi connectivity index (χ1n) is 9.22. The molecule has 4 rings (SSSR count). The van der Waals surface area contributed by atoms with Gasteiger partial charge in [0.25, 0.3) is 0 Å². The van der Waals surface area contributed by atoms with E-state index in [-0.39, 0.29) is 6.03 Å². The monoisotopic (exact) mass is 391 g/mol. The quantitative estimate of drug-likeness (QED) is 0.866. The van der Waals surface area contributed by atoms with Gasteiger partial charge in [-0.05, 0) is 49.2 Å². The third kappa shape index (κ3) is 4.18. The molecular weight excluding hydrogens is 371 g/mol. The maximum absolute atomic E-state index is 12.6. The number of halogens is 3. The van der Waals surface area contributed by atoms with Crippen molar-refractivity contribution in [2.75, 3.05) is 36.4 Å². The number of benzene rings is 1. The SMILES string of the molecule is O=C(Nc1ccc(C(F)(F)F)cc1)N1CCN(c2ccc(C3CC3)nn2)CC1. The average Bonchev–Trinajstić information content (AvgIpc) is 3.53. The van der Waals surface area contributed by atoms with Crippen molar-refractivity contribution in [1.82, 2.24) is 15.1 Å². The van der Waals surface area contributed by atoms with Crippen LogP contribution in [0.4, 0.5) is 29.5 Å². The van der Waals surface area contributed by atoms with Crippen molar-refractivity contribution < 1.29 is 18.0 Å². The molecule has 2 fully saturated rings. The van der Waals surface area contributed by atoms with E-state index in [9.17, 15) is 18.0 Å². The minimum atomic E-state index is -4.39. The van der Waals surface area contributed by atoms with E-state index in [0.29, 0.717) is 37.8 Å². The van der Waals surface area contributed by atoms with Crippen LogP contribution in [-0.4, -0.2) is 47.3 Å². The Morgan fingerprint density at radius 1 is 0.964 bits per heavy atom. The van der Waals surface area contributed by atoms with Crippen LogP contribution >= 0.6 is 0 Å². The predicted octanol–water partition coefficient (Wildman–Crippen LogP) is 3.73. The molecular formula is C19H20F3N5O. The summed E-state index contributed by atoms with van der Waals surface area (Å²) in [6.45, 7) is 2.24. The van der Waals surface area contributed by atoms with Crippen molar-refractivity contribution in [1.29, 1.82) is 0 Å². The number of amides is 2. The lowest BCUT2D eigenvalue weighted by atomic mass is 10.2. The van der Waals surface area contributed by atoms with Gasteiger partial charge in [0.05, 0.1) is 11.3 Å². The van der Waals surface area contributed by atoms with Gasteiger partial charge in [0.15, 0.2) is 5.82 Å². The highest BCUT2D eigenvalue weighted by atomic mass is 19.4. The Bertz CT molecular complexity index is 826. The third-order valence-corrected chi connectivity index (χ3v) is 5.02. The standard InChI is InChI=1S/C19H20F3N5O/c20-19(21,22)14-3-5-15(6-4-14)23-18(28)27-11-9-26(10-12-27)17-8-7-16(24-25-17)13-1-2-13/h3-8,13H,1-2,9-12H2,(H,23,28). The molecule has 0 unspecified atom stereocenters. The fourth-order valence-corrected chi connectivity index (χ4v) is 3.18. The molecule has 1 aromatic heterocycles. The third-order valence-electron chi connectivity index (χ3n) is 5.02. The lowest BCUT2D eigenvalue weighted by molar-refractivity contribution is -0.137. The Labute approximate surface area is 160 Å². The van der Waals surface area contributed by atoms with Crippen LogP contribution in [0.5, 0.6) is 0 Å². The highest BCUT2D eigenvalue weighted by Gasteiger charge is 2.30. The molecule has 2 aromatic rings. The summed E-state index contributed by atoms with van der Waals surface area (Å²) in [6.07, 6.45) is -2.03. The molecule has 28 heavy (non-hydrogen) atoms. The predicted molar refractivity (Wildman–Crippen MR) is 98.3 cm³/mol. The second-order valence-corrected chi connectivity index (χ2v) is 7.07. The van der Waals surface area contributed by atoms with E-state index in [4.69, 9.17) is 0 Å². The first-order chi connectivity index (χ1) is 13.4. The van der Waals surface area contributed by atoms with Gasteiger partial charge in [0.2, 0.25) is 0 Å². The fraction of sp³-hybridized carbons (Fsp3) is 0.421. The molecule has 0 bridgehead atoms. The van der Waals surface area contributed by atoms with E-state index >= 15 is 0 Å². The van der Waals surface area contributed by atoms with Crippen molar-refractivity contribution in [3.63, 3.8) is 0 Å². The number of urea groups is 1. The fourth-order valence-electron chi connectivity index (χ4n) is 3.18. The normalized spacial score (nSPS) is 17.5. The summed E-state index contributed by atoms with van der Waals surface area (Å²) in [5.41, 5.74) is 0.633. The molecule has 1 saturated carbocycles. The Kier molecular flexibility index (Phi) is 4.82. The van der Waals surface area contributed by atoms with Crippen molar-refractivity contribution in [3.8, 4) is 0 Å². The van der Waals surface area contributed by atoms with Gasteiger partial charge in [-0.15, -0.1) is 5.10 Å². The summed E-state index contributed by atoms with van der Waals surface area (Å²) in [6, 6.07) is 8.09. The first kappa shape index (κ1) is 18.5. The zero-order valence-electron chi connectivity index (χ0n) is 15.1. The maximum Gasteiger partial charge on any atom is 0.416 e. The largest absolute Gasteiger partial charge is 0.416 e. The van der Waals surface area contributed by atoms with Gasteiger partial charge in [0.1, 0.15) is 0 Å². The maximum atomic E-state index is 12.6. The topological polar surface area (TPSA) is 61.4 Å². The molecule has 1 aliphatic heterocycles. The average molecular weight is 391 g/mol. The number of nitrogens with zero attached hydrogens (tertiary/aromatic N) is 4. The number of carbonyl (C=O) groups excluding carboxylic acids is 1. The van der Waals surface area contributed by atoms with Crippen LogP contribution in [-0.2, 0) is 6.18 Å². The summed E-state index contributed by atoms with van der Waals surface area (Å²) in [7, 11) is 0. The summed E-state index contributed by atoms with van der Waals surface area (Å²) >= 11 is 0. The number of hydrogen-bond acceptors (Lipinski definition) is 4. The summed E-state index contributed by atoms with van der Waals surface area (Å²) in [5, 5.41) is 11.2. The molecule has 1 aromatic carbocycles. The lowest BCUT2D eigenvalue weighted by Crippen LogP contribution is -2.50. The second kappa shape index (κ2) is 7.29. The van der Waals surface area contributed by atoms with Crippen LogP contribution in [0.2, 0.25) is 0 Å². The second-order valence-electron chi connectivity index (χ2n) is 7.07. The van der Waals surface area contributed by atoms with E-state index < -0.39 is 11.7 Å². The smallest absolute Gasteiger partial charge is 0.352 e. The molecule has 0 spiro atoms. The summed E-state index contributed by atoms with van der Waals surface area (Å²) in [4.78, 5) is 16.1. The number of aromatic nitrogens is 2. The summed E-state index contributed by atoms with van der Waals surface area (Å²) < 4.78 is 37.8. The van der Waals surface area contributed by atoms with Crippen LogP contribution in [0.3, 0.4) is 0 Å². The van der Waals surface area contributed by atoms with Gasteiger partial charge in [-0.2, -0.15) is 18.3 Å². The number of alkyl halides is 3. The van der Waals surface area contributed by atoms with Crippen LogP contribution in [0.1, 0.15) is 30.0 Å². The van der Waals surface area contributed by atoms with Crippen molar-refractivity contribution in [2.24, 2.45) is 0 Å². The molecule has 6 nitrogen and oxygen atoms in total. The van der Waals surface area contributed by atoms with Gasteiger partial charge in [-0.25, -0.2) is 4.79 Å². The first-order valence-corrected chi connectivity index (χ1v) is 9.22. The van der Waals surface area contributed by atoms with Gasteiger partial charge in [0, 0.05) is 37.8 Å². The molecule has 1 N–H and O–H groups in total. The minimum Gasteiger partial charge on any atom is -0.352 e. The van der Waals surface area contributed by atoms with Gasteiger partial charge in [-0.1, -0.05) is 0 Å².